The molecule has 6 nitrogen and oxygen atoms in total. The molecule has 1 rings (SSSR count). The van der Waals surface area contributed by atoms with Gasteiger partial charge in [0, 0.05) is 29.9 Å². The molecule has 17 heavy (non-hydrogen) atoms. The van der Waals surface area contributed by atoms with Crippen LogP contribution in [-0.4, -0.2) is 28.7 Å². The van der Waals surface area contributed by atoms with Crippen molar-refractivity contribution in [2.45, 2.75) is 26.0 Å². The number of aryl methyl sites for hydroxylation is 1. The number of nitro groups is 1. The summed E-state index contributed by atoms with van der Waals surface area (Å²) in [6, 6.07) is 4.39. The standard InChI is InChI=1S/C11H17N3O3/c1-7-5-9(3-4-11(7)14(16)17)13-6-10(12)8(2)15/h3-5,8,10,13,15H,6,12H2,1-2H3. The molecule has 1 aromatic carbocycles. The number of hydrogen-bond acceptors (Lipinski definition) is 5. The van der Waals surface area contributed by atoms with E-state index in [9.17, 15) is 15.2 Å². The van der Waals surface area contributed by atoms with Crippen molar-refractivity contribution in [2.75, 3.05) is 11.9 Å². The van der Waals surface area contributed by atoms with Gasteiger partial charge in [0.1, 0.15) is 0 Å². The first-order valence-electron chi connectivity index (χ1n) is 5.34. The zero-order chi connectivity index (χ0) is 13.0. The molecule has 0 aliphatic rings. The zero-order valence-electron chi connectivity index (χ0n) is 9.88. The predicted octanol–water partition coefficient (Wildman–Crippen LogP) is 1.02. The first-order chi connectivity index (χ1) is 7.91. The Bertz CT molecular complexity index is 407. The van der Waals surface area contributed by atoms with Gasteiger partial charge in [0.2, 0.25) is 0 Å². The van der Waals surface area contributed by atoms with Crippen LogP contribution in [0.2, 0.25) is 0 Å². The van der Waals surface area contributed by atoms with Gasteiger partial charge < -0.3 is 16.2 Å². The molecule has 0 saturated heterocycles. The Morgan fingerprint density at radius 2 is 2.24 bits per heavy atom. The fourth-order valence-electron chi connectivity index (χ4n) is 1.38. The van der Waals surface area contributed by atoms with Gasteiger partial charge in [0.15, 0.2) is 0 Å². The molecule has 94 valence electrons. The molecule has 6 heteroatoms. The fourth-order valence-corrected chi connectivity index (χ4v) is 1.38. The smallest absolute Gasteiger partial charge is 0.272 e. The predicted molar refractivity (Wildman–Crippen MR) is 66.0 cm³/mol. The van der Waals surface area contributed by atoms with Crippen molar-refractivity contribution in [2.24, 2.45) is 5.73 Å². The van der Waals surface area contributed by atoms with Crippen LogP contribution in [0.4, 0.5) is 11.4 Å². The van der Waals surface area contributed by atoms with Crippen molar-refractivity contribution in [3.63, 3.8) is 0 Å². The highest BCUT2D eigenvalue weighted by atomic mass is 16.6. The van der Waals surface area contributed by atoms with Crippen molar-refractivity contribution in [3.8, 4) is 0 Å². The first-order valence-corrected chi connectivity index (χ1v) is 5.34. The minimum atomic E-state index is -0.596. The van der Waals surface area contributed by atoms with Crippen molar-refractivity contribution >= 4 is 11.4 Å². The molecular weight excluding hydrogens is 222 g/mol. The van der Waals surface area contributed by atoms with Crippen LogP contribution in [0.25, 0.3) is 0 Å². The normalized spacial score (nSPS) is 14.1. The largest absolute Gasteiger partial charge is 0.392 e. The maximum atomic E-state index is 10.6. The third-order valence-electron chi connectivity index (χ3n) is 2.56. The molecule has 0 aliphatic heterocycles. The second-order valence-electron chi connectivity index (χ2n) is 4.04. The first kappa shape index (κ1) is 13.4. The topological polar surface area (TPSA) is 101 Å². The molecule has 0 spiro atoms. The lowest BCUT2D eigenvalue weighted by Gasteiger charge is -2.16. The Morgan fingerprint density at radius 1 is 1.59 bits per heavy atom. The van der Waals surface area contributed by atoms with Gasteiger partial charge in [-0.05, 0) is 26.0 Å². The second-order valence-corrected chi connectivity index (χ2v) is 4.04. The van der Waals surface area contributed by atoms with Crippen LogP contribution in [0.5, 0.6) is 0 Å². The minimum absolute atomic E-state index is 0.0929. The van der Waals surface area contributed by atoms with Gasteiger partial charge in [-0.2, -0.15) is 0 Å². The van der Waals surface area contributed by atoms with Gasteiger partial charge in [-0.3, -0.25) is 10.1 Å². The van der Waals surface area contributed by atoms with E-state index in [2.05, 4.69) is 5.32 Å². The number of anilines is 1. The number of aliphatic hydroxyl groups is 1. The summed E-state index contributed by atoms with van der Waals surface area (Å²) >= 11 is 0. The van der Waals surface area contributed by atoms with Gasteiger partial charge >= 0.3 is 0 Å². The summed E-state index contributed by atoms with van der Waals surface area (Å²) in [7, 11) is 0. The van der Waals surface area contributed by atoms with Crippen LogP contribution >= 0.6 is 0 Å². The average molecular weight is 239 g/mol. The van der Waals surface area contributed by atoms with E-state index in [0.29, 0.717) is 12.1 Å². The quantitative estimate of drug-likeness (QED) is 0.526. The van der Waals surface area contributed by atoms with Crippen LogP contribution < -0.4 is 11.1 Å². The third kappa shape index (κ3) is 3.69. The number of rotatable bonds is 5. The van der Waals surface area contributed by atoms with Crippen molar-refractivity contribution in [3.05, 3.63) is 33.9 Å². The summed E-state index contributed by atoms with van der Waals surface area (Å²) < 4.78 is 0. The van der Waals surface area contributed by atoms with Crippen molar-refractivity contribution < 1.29 is 10.0 Å². The number of nitrogens with zero attached hydrogens (tertiary/aromatic N) is 1. The highest BCUT2D eigenvalue weighted by Crippen LogP contribution is 2.21. The summed E-state index contributed by atoms with van der Waals surface area (Å²) in [6.07, 6.45) is -0.596. The molecule has 0 aliphatic carbocycles. The summed E-state index contributed by atoms with van der Waals surface area (Å²) in [6.45, 7) is 3.71. The van der Waals surface area contributed by atoms with Crippen molar-refractivity contribution in [1.82, 2.24) is 0 Å². The SMILES string of the molecule is Cc1cc(NCC(N)C(C)O)ccc1[N+](=O)[O-]. The summed E-state index contributed by atoms with van der Waals surface area (Å²) in [5.41, 5.74) is 7.10. The van der Waals surface area contributed by atoms with E-state index < -0.39 is 11.0 Å². The van der Waals surface area contributed by atoms with E-state index >= 15 is 0 Å². The number of benzene rings is 1. The van der Waals surface area contributed by atoms with Crippen LogP contribution in [0, 0.1) is 17.0 Å². The molecule has 2 unspecified atom stereocenters. The number of hydrogen-bond donors (Lipinski definition) is 3. The highest BCUT2D eigenvalue weighted by Gasteiger charge is 2.12. The molecule has 4 N–H and O–H groups in total. The van der Waals surface area contributed by atoms with E-state index in [1.54, 1.807) is 26.0 Å². The lowest BCUT2D eigenvalue weighted by atomic mass is 10.1. The van der Waals surface area contributed by atoms with Gasteiger partial charge in [-0.15, -0.1) is 0 Å². The van der Waals surface area contributed by atoms with Gasteiger partial charge in [-0.1, -0.05) is 0 Å². The summed E-state index contributed by atoms with van der Waals surface area (Å²) in [5, 5.41) is 22.9. The highest BCUT2D eigenvalue weighted by molar-refractivity contribution is 5.53. The maximum Gasteiger partial charge on any atom is 0.272 e. The molecule has 0 aromatic heterocycles. The molecule has 0 amide bonds. The molecule has 0 bridgehead atoms. The maximum absolute atomic E-state index is 10.6. The number of nitro benzene ring substituents is 1. The zero-order valence-corrected chi connectivity index (χ0v) is 9.88. The number of nitrogens with two attached hydrogens (primary N) is 1. The van der Waals surface area contributed by atoms with Gasteiger partial charge in [-0.25, -0.2) is 0 Å². The molecule has 0 heterocycles. The second kappa shape index (κ2) is 5.60. The van der Waals surface area contributed by atoms with Gasteiger partial charge in [0.05, 0.1) is 11.0 Å². The Hall–Kier alpha value is -1.66. The fraction of sp³-hybridized carbons (Fsp3) is 0.455. The molecular formula is C11H17N3O3. The van der Waals surface area contributed by atoms with Crippen LogP contribution in [0.15, 0.2) is 18.2 Å². The van der Waals surface area contributed by atoms with E-state index in [1.807, 2.05) is 0 Å². The number of aliphatic hydroxyl groups excluding tert-OH is 1. The Balaban J connectivity index is 2.68. The van der Waals surface area contributed by atoms with Crippen LogP contribution in [-0.2, 0) is 0 Å². The van der Waals surface area contributed by atoms with E-state index in [-0.39, 0.29) is 11.7 Å². The van der Waals surface area contributed by atoms with Crippen LogP contribution in [0.1, 0.15) is 12.5 Å². The molecule has 0 fully saturated rings. The van der Waals surface area contributed by atoms with Crippen LogP contribution in [0.3, 0.4) is 0 Å². The minimum Gasteiger partial charge on any atom is -0.392 e. The molecule has 0 saturated carbocycles. The monoisotopic (exact) mass is 239 g/mol. The Labute approximate surface area is 99.6 Å². The Kier molecular flexibility index (Phi) is 4.42. The van der Waals surface area contributed by atoms with Gasteiger partial charge in [0.25, 0.3) is 5.69 Å². The Morgan fingerprint density at radius 3 is 2.71 bits per heavy atom. The van der Waals surface area contributed by atoms with E-state index in [0.717, 1.165) is 5.69 Å². The van der Waals surface area contributed by atoms with E-state index in [1.165, 1.54) is 6.07 Å². The third-order valence-corrected chi connectivity index (χ3v) is 2.56. The average Bonchev–Trinajstić information content (AvgIpc) is 2.25. The molecule has 2 atom stereocenters. The summed E-state index contributed by atoms with van der Waals surface area (Å²) in [4.78, 5) is 10.2. The molecule has 1 aromatic rings. The van der Waals surface area contributed by atoms with E-state index in [4.69, 9.17) is 5.73 Å². The molecule has 0 radical (unpaired) electrons. The summed E-state index contributed by atoms with van der Waals surface area (Å²) in [5.74, 6) is 0. The number of nitrogens with one attached hydrogen (secondary N) is 1. The lowest BCUT2D eigenvalue weighted by molar-refractivity contribution is -0.385. The van der Waals surface area contributed by atoms with Crippen molar-refractivity contribution in [1.29, 1.82) is 0 Å². The lowest BCUT2D eigenvalue weighted by Crippen LogP contribution is -2.38.